The summed E-state index contributed by atoms with van der Waals surface area (Å²) in [6.45, 7) is 6.75. The number of guanidine groups is 1. The fraction of sp³-hybridized carbons (Fsp3) is 0.500. The minimum Gasteiger partial charge on any atom is -0.491 e. The average molecular weight is 391 g/mol. The number of thiazole rings is 1. The lowest BCUT2D eigenvalue weighted by Gasteiger charge is -2.15. The Morgan fingerprint density at radius 2 is 2.11 bits per heavy atom. The van der Waals surface area contributed by atoms with Crippen LogP contribution in [0.5, 0.6) is 5.75 Å². The second kappa shape index (κ2) is 11.6. The van der Waals surface area contributed by atoms with Crippen molar-refractivity contribution < 1.29 is 9.47 Å². The predicted molar refractivity (Wildman–Crippen MR) is 112 cm³/mol. The molecule has 1 aromatic carbocycles. The molecule has 0 atom stereocenters. The Morgan fingerprint density at radius 1 is 1.26 bits per heavy atom. The van der Waals surface area contributed by atoms with Gasteiger partial charge in [-0.25, -0.2) is 4.98 Å². The van der Waals surface area contributed by atoms with Crippen LogP contribution >= 0.6 is 11.3 Å². The Morgan fingerprint density at radius 3 is 2.81 bits per heavy atom. The fourth-order valence-electron chi connectivity index (χ4n) is 2.49. The molecule has 0 amide bonds. The van der Waals surface area contributed by atoms with Crippen LogP contribution in [-0.2, 0) is 24.1 Å². The summed E-state index contributed by atoms with van der Waals surface area (Å²) in [4.78, 5) is 10.1. The van der Waals surface area contributed by atoms with Gasteiger partial charge in [-0.2, -0.15) is 0 Å². The maximum Gasteiger partial charge on any atom is 0.191 e. The van der Waals surface area contributed by atoms with E-state index in [9.17, 15) is 0 Å². The van der Waals surface area contributed by atoms with Crippen molar-refractivity contribution >= 4 is 17.3 Å². The molecule has 148 valence electrons. The number of benzene rings is 1. The van der Waals surface area contributed by atoms with Crippen molar-refractivity contribution in [1.29, 1.82) is 0 Å². The van der Waals surface area contributed by atoms with Gasteiger partial charge < -0.3 is 20.1 Å². The van der Waals surface area contributed by atoms with Gasteiger partial charge in [-0.05, 0) is 25.0 Å². The van der Waals surface area contributed by atoms with Gasteiger partial charge in [-0.3, -0.25) is 4.99 Å². The molecule has 27 heavy (non-hydrogen) atoms. The van der Waals surface area contributed by atoms with Gasteiger partial charge in [0, 0.05) is 50.3 Å². The number of rotatable bonds is 10. The molecule has 0 fully saturated rings. The van der Waals surface area contributed by atoms with Gasteiger partial charge >= 0.3 is 0 Å². The molecule has 0 aliphatic rings. The lowest BCUT2D eigenvalue weighted by molar-refractivity contribution is 0.145. The molecule has 0 aliphatic carbocycles. The normalized spacial score (nSPS) is 11.5. The van der Waals surface area contributed by atoms with E-state index < -0.39 is 0 Å². The largest absolute Gasteiger partial charge is 0.491 e. The number of ether oxygens (including phenoxy) is 2. The van der Waals surface area contributed by atoms with Crippen LogP contribution in [0.4, 0.5) is 0 Å². The molecule has 2 rings (SSSR count). The van der Waals surface area contributed by atoms with Crippen molar-refractivity contribution in [3.05, 3.63) is 45.4 Å². The number of methoxy groups -OCH3 is 1. The third-order valence-corrected chi connectivity index (χ3v) is 5.22. The van der Waals surface area contributed by atoms with E-state index >= 15 is 0 Å². The van der Waals surface area contributed by atoms with E-state index in [1.165, 1.54) is 10.4 Å². The quantitative estimate of drug-likeness (QED) is 0.371. The molecular weight excluding hydrogens is 360 g/mol. The van der Waals surface area contributed by atoms with Crippen molar-refractivity contribution in [3.8, 4) is 5.75 Å². The Labute approximate surface area is 166 Å². The highest BCUT2D eigenvalue weighted by molar-refractivity contribution is 7.11. The summed E-state index contributed by atoms with van der Waals surface area (Å²) in [6.07, 6.45) is 3.90. The van der Waals surface area contributed by atoms with Gasteiger partial charge in [0.2, 0.25) is 0 Å². The fourth-order valence-corrected chi connectivity index (χ4v) is 3.35. The number of nitrogens with zero attached hydrogens (tertiary/aromatic N) is 2. The van der Waals surface area contributed by atoms with E-state index in [-0.39, 0.29) is 0 Å². The Bertz CT molecular complexity index is 731. The Hall–Kier alpha value is -2.12. The van der Waals surface area contributed by atoms with Crippen LogP contribution in [0.15, 0.2) is 29.4 Å². The van der Waals surface area contributed by atoms with Crippen LogP contribution in [0.1, 0.15) is 27.9 Å². The number of hydrogen-bond donors (Lipinski definition) is 2. The molecule has 0 radical (unpaired) electrons. The first-order valence-corrected chi connectivity index (χ1v) is 10.1. The lowest BCUT2D eigenvalue weighted by Crippen LogP contribution is -2.37. The molecule has 0 aliphatic heterocycles. The van der Waals surface area contributed by atoms with E-state index in [0.717, 1.165) is 41.7 Å². The third-order valence-electron chi connectivity index (χ3n) is 4.02. The van der Waals surface area contributed by atoms with Crippen molar-refractivity contribution in [2.45, 2.75) is 33.2 Å². The molecular formula is C20H30N4O2S. The number of aryl methyl sites for hydroxylation is 2. The lowest BCUT2D eigenvalue weighted by atomic mass is 10.1. The van der Waals surface area contributed by atoms with E-state index in [2.05, 4.69) is 52.7 Å². The van der Waals surface area contributed by atoms with E-state index in [1.54, 1.807) is 25.5 Å². The van der Waals surface area contributed by atoms with E-state index in [1.807, 2.05) is 6.20 Å². The maximum absolute atomic E-state index is 5.84. The van der Waals surface area contributed by atoms with Gasteiger partial charge in [0.05, 0.1) is 11.6 Å². The number of hydrogen-bond acceptors (Lipinski definition) is 5. The summed E-state index contributed by atoms with van der Waals surface area (Å²) < 4.78 is 10.9. The summed E-state index contributed by atoms with van der Waals surface area (Å²) in [7, 11) is 3.45. The average Bonchev–Trinajstić information content (AvgIpc) is 3.14. The number of nitrogens with one attached hydrogen (secondary N) is 2. The molecule has 0 spiro atoms. The first-order chi connectivity index (χ1) is 13.2. The zero-order valence-electron chi connectivity index (χ0n) is 16.7. The standard InChI is InChI=1S/C20H30N4O2S/c1-5-17-14-23-19(27-17)8-9-22-20(21-3)24-13-16-7-6-15(2)12-18(16)26-11-10-25-4/h6-7,12,14H,5,8-11,13H2,1-4H3,(H2,21,22,24). The Kier molecular flexibility index (Phi) is 9.07. The smallest absolute Gasteiger partial charge is 0.191 e. The molecule has 0 bridgehead atoms. The highest BCUT2D eigenvalue weighted by atomic mass is 32.1. The predicted octanol–water partition coefficient (Wildman–Crippen LogP) is 2.95. The van der Waals surface area contributed by atoms with Crippen LogP contribution in [0, 0.1) is 6.92 Å². The minimum atomic E-state index is 0.535. The van der Waals surface area contributed by atoms with Crippen LogP contribution in [-0.4, -0.2) is 44.9 Å². The molecule has 0 unspecified atom stereocenters. The minimum absolute atomic E-state index is 0.535. The molecule has 1 heterocycles. The molecule has 0 saturated heterocycles. The molecule has 1 aromatic heterocycles. The molecule has 2 N–H and O–H groups in total. The highest BCUT2D eigenvalue weighted by Gasteiger charge is 2.07. The van der Waals surface area contributed by atoms with Gasteiger partial charge in [0.15, 0.2) is 5.96 Å². The van der Waals surface area contributed by atoms with Crippen molar-refractivity contribution in [1.82, 2.24) is 15.6 Å². The summed E-state index contributed by atoms with van der Waals surface area (Å²) in [5, 5.41) is 7.85. The SMILES string of the molecule is CCc1cnc(CCNC(=NC)NCc2ccc(C)cc2OCCOC)s1. The van der Waals surface area contributed by atoms with Gasteiger partial charge in [0.25, 0.3) is 0 Å². The zero-order chi connectivity index (χ0) is 19.5. The summed E-state index contributed by atoms with van der Waals surface area (Å²) in [5.74, 6) is 1.65. The summed E-state index contributed by atoms with van der Waals surface area (Å²) in [6, 6.07) is 6.22. The topological polar surface area (TPSA) is 67.8 Å². The molecule has 2 aromatic rings. The van der Waals surface area contributed by atoms with Crippen molar-refractivity contribution in [2.24, 2.45) is 4.99 Å². The summed E-state index contributed by atoms with van der Waals surface area (Å²) in [5.41, 5.74) is 2.26. The van der Waals surface area contributed by atoms with Crippen LogP contribution in [0.25, 0.3) is 0 Å². The Balaban J connectivity index is 1.84. The van der Waals surface area contributed by atoms with Crippen LogP contribution in [0.3, 0.4) is 0 Å². The molecule has 0 saturated carbocycles. The van der Waals surface area contributed by atoms with E-state index in [0.29, 0.717) is 19.8 Å². The monoisotopic (exact) mass is 390 g/mol. The van der Waals surface area contributed by atoms with Gasteiger partial charge in [0.1, 0.15) is 12.4 Å². The second-order valence-electron chi connectivity index (χ2n) is 6.13. The number of aliphatic imine (C=N–C) groups is 1. The van der Waals surface area contributed by atoms with Gasteiger partial charge in [-0.1, -0.05) is 19.1 Å². The third kappa shape index (κ3) is 7.19. The second-order valence-corrected chi connectivity index (χ2v) is 7.33. The van der Waals surface area contributed by atoms with Gasteiger partial charge in [-0.15, -0.1) is 11.3 Å². The van der Waals surface area contributed by atoms with E-state index in [4.69, 9.17) is 9.47 Å². The maximum atomic E-state index is 5.84. The first kappa shape index (κ1) is 21.2. The summed E-state index contributed by atoms with van der Waals surface area (Å²) >= 11 is 1.78. The van der Waals surface area contributed by atoms with Crippen LogP contribution in [0.2, 0.25) is 0 Å². The molecule has 6 nitrogen and oxygen atoms in total. The first-order valence-electron chi connectivity index (χ1n) is 9.25. The highest BCUT2D eigenvalue weighted by Crippen LogP contribution is 2.20. The molecule has 7 heteroatoms. The van der Waals surface area contributed by atoms with Crippen molar-refractivity contribution in [2.75, 3.05) is 33.9 Å². The van der Waals surface area contributed by atoms with Crippen LogP contribution < -0.4 is 15.4 Å². The number of aromatic nitrogens is 1. The zero-order valence-corrected chi connectivity index (χ0v) is 17.5. The van der Waals surface area contributed by atoms with Crippen molar-refractivity contribution in [3.63, 3.8) is 0 Å².